The molecule has 0 radical (unpaired) electrons. The number of hydrogen-bond donors (Lipinski definition) is 1. The van der Waals surface area contributed by atoms with Crippen LogP contribution in [-0.4, -0.2) is 31.4 Å². The van der Waals surface area contributed by atoms with Gasteiger partial charge in [0, 0.05) is 25.3 Å². The van der Waals surface area contributed by atoms with Gasteiger partial charge in [0.05, 0.1) is 18.4 Å². The number of aliphatic hydroxyl groups excluding tert-OH is 1. The average molecular weight is 283 g/mol. The predicted octanol–water partition coefficient (Wildman–Crippen LogP) is 3.52. The molecule has 0 amide bonds. The Hall–Kier alpha value is -1.13. The van der Waals surface area contributed by atoms with Crippen LogP contribution in [0.4, 0.5) is 10.1 Å². The van der Waals surface area contributed by atoms with Crippen molar-refractivity contribution in [1.29, 1.82) is 0 Å². The van der Waals surface area contributed by atoms with E-state index in [1.54, 1.807) is 26.2 Å². The number of nitrogens with zero attached hydrogens (tertiary/aromatic N) is 1. The highest BCUT2D eigenvalue weighted by atomic mass is 19.1. The van der Waals surface area contributed by atoms with Crippen molar-refractivity contribution in [3.8, 4) is 0 Å². The maximum Gasteiger partial charge on any atom is 0.146 e. The second kappa shape index (κ2) is 8.22. The number of hydrogen-bond acceptors (Lipinski definition) is 3. The van der Waals surface area contributed by atoms with Crippen LogP contribution in [0.25, 0.3) is 0 Å². The fourth-order valence-electron chi connectivity index (χ4n) is 2.57. The largest absolute Gasteiger partial charge is 0.389 e. The van der Waals surface area contributed by atoms with Crippen LogP contribution in [-0.2, 0) is 4.74 Å². The molecule has 0 saturated heterocycles. The monoisotopic (exact) mass is 283 g/mol. The third-order valence-electron chi connectivity index (χ3n) is 3.67. The molecule has 0 fully saturated rings. The van der Waals surface area contributed by atoms with E-state index < -0.39 is 6.10 Å². The van der Waals surface area contributed by atoms with E-state index in [9.17, 15) is 9.50 Å². The molecule has 0 spiro atoms. The Morgan fingerprint density at radius 3 is 2.45 bits per heavy atom. The molecule has 0 bridgehead atoms. The normalized spacial score (nSPS) is 12.8. The van der Waals surface area contributed by atoms with E-state index in [2.05, 4.69) is 13.8 Å². The summed E-state index contributed by atoms with van der Waals surface area (Å²) in [5, 5.41) is 9.91. The van der Waals surface area contributed by atoms with Crippen molar-refractivity contribution in [2.75, 3.05) is 25.2 Å². The lowest BCUT2D eigenvalue weighted by Crippen LogP contribution is -2.38. The molecule has 4 heteroatoms. The Kier molecular flexibility index (Phi) is 6.96. The quantitative estimate of drug-likeness (QED) is 0.792. The van der Waals surface area contributed by atoms with Gasteiger partial charge < -0.3 is 14.7 Å². The van der Waals surface area contributed by atoms with E-state index in [1.807, 2.05) is 4.90 Å². The van der Waals surface area contributed by atoms with Crippen molar-refractivity contribution in [2.45, 2.75) is 45.8 Å². The average Bonchev–Trinajstić information content (AvgIpc) is 2.43. The van der Waals surface area contributed by atoms with Crippen molar-refractivity contribution in [1.82, 2.24) is 0 Å². The minimum absolute atomic E-state index is 0.236. The highest BCUT2D eigenvalue weighted by Gasteiger charge is 2.23. The zero-order valence-corrected chi connectivity index (χ0v) is 12.9. The summed E-state index contributed by atoms with van der Waals surface area (Å²) in [6.07, 6.45) is 1.15. The summed E-state index contributed by atoms with van der Waals surface area (Å²) in [4.78, 5) is 2.03. The molecule has 0 aliphatic rings. The van der Waals surface area contributed by atoms with Gasteiger partial charge in [-0.05, 0) is 25.8 Å². The Bertz CT molecular complexity index is 405. The topological polar surface area (TPSA) is 32.7 Å². The number of benzene rings is 1. The number of ether oxygens (including phenoxy) is 1. The van der Waals surface area contributed by atoms with Crippen molar-refractivity contribution >= 4 is 5.69 Å². The van der Waals surface area contributed by atoms with Crippen molar-refractivity contribution in [2.24, 2.45) is 0 Å². The first-order valence-corrected chi connectivity index (χ1v) is 7.28. The minimum Gasteiger partial charge on any atom is -0.389 e. The lowest BCUT2D eigenvalue weighted by molar-refractivity contribution is 0.195. The summed E-state index contributed by atoms with van der Waals surface area (Å²) in [5.74, 6) is -0.286. The first-order chi connectivity index (χ1) is 9.56. The van der Waals surface area contributed by atoms with Gasteiger partial charge in [-0.3, -0.25) is 0 Å². The summed E-state index contributed by atoms with van der Waals surface area (Å²) >= 11 is 0. The number of methoxy groups -OCH3 is 1. The molecule has 0 aliphatic carbocycles. The number of para-hydroxylation sites is 1. The summed E-state index contributed by atoms with van der Waals surface area (Å²) < 4.78 is 19.5. The molecule has 0 aromatic heterocycles. The van der Waals surface area contributed by atoms with E-state index in [1.165, 1.54) is 6.07 Å². The van der Waals surface area contributed by atoms with Crippen LogP contribution in [0.15, 0.2) is 18.2 Å². The van der Waals surface area contributed by atoms with E-state index in [0.717, 1.165) is 12.8 Å². The zero-order chi connectivity index (χ0) is 15.1. The minimum atomic E-state index is -0.694. The molecular weight excluding hydrogens is 257 g/mol. The summed E-state index contributed by atoms with van der Waals surface area (Å²) in [7, 11) is 1.64. The lowest BCUT2D eigenvalue weighted by Gasteiger charge is -2.34. The third kappa shape index (κ3) is 3.93. The summed E-state index contributed by atoms with van der Waals surface area (Å²) in [6.45, 7) is 7.00. The molecule has 0 unspecified atom stereocenters. The van der Waals surface area contributed by atoms with Crippen LogP contribution in [0.2, 0.25) is 0 Å². The molecule has 0 heterocycles. The van der Waals surface area contributed by atoms with Gasteiger partial charge in [0.25, 0.3) is 0 Å². The summed E-state index contributed by atoms with van der Waals surface area (Å²) in [5.41, 5.74) is 1.14. The molecule has 1 aromatic carbocycles. The number of halogens is 1. The maximum absolute atomic E-state index is 14.3. The Balaban J connectivity index is 3.24. The van der Waals surface area contributed by atoms with E-state index in [4.69, 9.17) is 4.74 Å². The van der Waals surface area contributed by atoms with Crippen LogP contribution in [0, 0.1) is 5.82 Å². The number of rotatable bonds is 8. The van der Waals surface area contributed by atoms with Gasteiger partial charge in [0.15, 0.2) is 0 Å². The lowest BCUT2D eigenvalue weighted by atomic mass is 10.0. The molecule has 3 nitrogen and oxygen atoms in total. The predicted molar refractivity (Wildman–Crippen MR) is 80.6 cm³/mol. The van der Waals surface area contributed by atoms with Gasteiger partial charge >= 0.3 is 0 Å². The van der Waals surface area contributed by atoms with Crippen molar-refractivity contribution in [3.63, 3.8) is 0 Å². The Morgan fingerprint density at radius 2 is 1.95 bits per heavy atom. The Morgan fingerprint density at radius 1 is 1.30 bits per heavy atom. The van der Waals surface area contributed by atoms with Gasteiger partial charge in [0.2, 0.25) is 0 Å². The second-order valence-corrected chi connectivity index (χ2v) is 5.01. The van der Waals surface area contributed by atoms with Crippen LogP contribution in [0.3, 0.4) is 0 Å². The van der Waals surface area contributed by atoms with Crippen molar-refractivity contribution in [3.05, 3.63) is 29.6 Å². The standard InChI is InChI=1S/C16H26FNO2/c1-5-13(6-2)18(10-11-20-4)16-14(12(3)19)8-7-9-15(16)17/h7-9,12-13,19H,5-6,10-11H2,1-4H3/t12-/m0/s1. The SMILES string of the molecule is CCC(CC)N(CCOC)c1c(F)cccc1[C@H](C)O. The van der Waals surface area contributed by atoms with Gasteiger partial charge in [-0.2, -0.15) is 0 Å². The number of anilines is 1. The molecule has 114 valence electrons. The molecule has 0 aliphatic heterocycles. The number of aliphatic hydroxyl groups is 1. The summed E-state index contributed by atoms with van der Waals surface area (Å²) in [6, 6.07) is 5.11. The van der Waals surface area contributed by atoms with Gasteiger partial charge in [0.1, 0.15) is 5.82 Å². The third-order valence-corrected chi connectivity index (χ3v) is 3.67. The highest BCUT2D eigenvalue weighted by molar-refractivity contribution is 5.56. The van der Waals surface area contributed by atoms with E-state index in [-0.39, 0.29) is 11.9 Å². The molecule has 1 N–H and O–H groups in total. The molecule has 1 rings (SSSR count). The smallest absolute Gasteiger partial charge is 0.146 e. The fraction of sp³-hybridized carbons (Fsp3) is 0.625. The maximum atomic E-state index is 14.3. The second-order valence-electron chi connectivity index (χ2n) is 5.01. The highest BCUT2D eigenvalue weighted by Crippen LogP contribution is 2.31. The van der Waals surface area contributed by atoms with Gasteiger partial charge in [-0.15, -0.1) is 0 Å². The fourth-order valence-corrected chi connectivity index (χ4v) is 2.57. The zero-order valence-electron chi connectivity index (χ0n) is 12.9. The van der Waals surface area contributed by atoms with Crippen LogP contribution in [0.1, 0.15) is 45.3 Å². The van der Waals surface area contributed by atoms with Crippen molar-refractivity contribution < 1.29 is 14.2 Å². The first kappa shape index (κ1) is 16.9. The van der Waals surface area contributed by atoms with Gasteiger partial charge in [-0.25, -0.2) is 4.39 Å². The Labute approximate surface area is 121 Å². The van der Waals surface area contributed by atoms with E-state index >= 15 is 0 Å². The first-order valence-electron chi connectivity index (χ1n) is 7.28. The molecule has 20 heavy (non-hydrogen) atoms. The molecular formula is C16H26FNO2. The molecule has 1 atom stereocenters. The van der Waals surface area contributed by atoms with Crippen LogP contribution in [0.5, 0.6) is 0 Å². The van der Waals surface area contributed by atoms with Crippen LogP contribution < -0.4 is 4.90 Å². The molecule has 0 saturated carbocycles. The van der Waals surface area contributed by atoms with E-state index in [0.29, 0.717) is 24.4 Å². The van der Waals surface area contributed by atoms with Gasteiger partial charge in [-0.1, -0.05) is 26.0 Å². The van der Waals surface area contributed by atoms with Crippen LogP contribution >= 0.6 is 0 Å². The molecule has 1 aromatic rings.